The molecule has 0 spiro atoms. The summed E-state index contributed by atoms with van der Waals surface area (Å²) in [4.78, 5) is 7.47. The van der Waals surface area contributed by atoms with Crippen LogP contribution in [0.15, 0.2) is 73.2 Å². The smallest absolute Gasteiger partial charge is 0.143 e. The van der Waals surface area contributed by atoms with E-state index in [9.17, 15) is 4.39 Å². The van der Waals surface area contributed by atoms with Crippen molar-refractivity contribution in [1.82, 2.24) is 15.3 Å². The second-order valence-corrected chi connectivity index (χ2v) is 6.32. The second kappa shape index (κ2) is 8.01. The molecule has 0 unspecified atom stereocenters. The molecule has 0 saturated heterocycles. The maximum absolute atomic E-state index is 13.4. The van der Waals surface area contributed by atoms with Crippen LogP contribution in [0.4, 0.5) is 4.39 Å². The standard InChI is InChI=1S/C22H20FN3O/c23-20-5-1-4-18(12-20)19-11-16(14-25-15-19)13-24-9-10-27-21-6-2-3-17-7-8-26-22(17)21/h1-8,11-12,14-15,24,26H,9-10,13H2. The van der Waals surface area contributed by atoms with Crippen LogP contribution >= 0.6 is 0 Å². The number of para-hydroxylation sites is 1. The van der Waals surface area contributed by atoms with Crippen LogP contribution in [-0.4, -0.2) is 23.1 Å². The number of aromatic nitrogens is 2. The van der Waals surface area contributed by atoms with Crippen LogP contribution in [0, 0.1) is 5.82 Å². The third kappa shape index (κ3) is 4.15. The molecule has 27 heavy (non-hydrogen) atoms. The fourth-order valence-corrected chi connectivity index (χ4v) is 3.05. The second-order valence-electron chi connectivity index (χ2n) is 6.32. The average Bonchev–Trinajstić information content (AvgIpc) is 3.18. The summed E-state index contributed by atoms with van der Waals surface area (Å²) in [5.74, 6) is 0.610. The fourth-order valence-electron chi connectivity index (χ4n) is 3.05. The van der Waals surface area contributed by atoms with Gasteiger partial charge in [0.15, 0.2) is 0 Å². The highest BCUT2D eigenvalue weighted by Crippen LogP contribution is 2.23. The highest BCUT2D eigenvalue weighted by atomic mass is 19.1. The Bertz CT molecular complexity index is 1040. The molecule has 0 bridgehead atoms. The van der Waals surface area contributed by atoms with Crippen molar-refractivity contribution in [1.29, 1.82) is 0 Å². The zero-order valence-electron chi connectivity index (χ0n) is 14.8. The van der Waals surface area contributed by atoms with E-state index in [1.807, 2.05) is 42.7 Å². The first-order valence-electron chi connectivity index (χ1n) is 8.89. The summed E-state index contributed by atoms with van der Waals surface area (Å²) in [6.45, 7) is 1.95. The zero-order chi connectivity index (χ0) is 18.5. The lowest BCUT2D eigenvalue weighted by molar-refractivity contribution is 0.316. The van der Waals surface area contributed by atoms with E-state index in [1.165, 1.54) is 12.1 Å². The molecule has 4 aromatic rings. The van der Waals surface area contributed by atoms with Gasteiger partial charge < -0.3 is 15.0 Å². The summed E-state index contributed by atoms with van der Waals surface area (Å²) in [7, 11) is 0. The van der Waals surface area contributed by atoms with Crippen molar-refractivity contribution in [3.8, 4) is 16.9 Å². The predicted octanol–water partition coefficient (Wildman–Crippen LogP) is 4.54. The molecule has 0 aliphatic carbocycles. The molecule has 4 rings (SSSR count). The van der Waals surface area contributed by atoms with Gasteiger partial charge in [0.2, 0.25) is 0 Å². The molecule has 4 nitrogen and oxygen atoms in total. The molecule has 0 radical (unpaired) electrons. The van der Waals surface area contributed by atoms with Crippen molar-refractivity contribution >= 4 is 10.9 Å². The molecule has 5 heteroatoms. The van der Waals surface area contributed by atoms with E-state index in [0.717, 1.165) is 33.3 Å². The van der Waals surface area contributed by atoms with Gasteiger partial charge in [-0.1, -0.05) is 24.3 Å². The molecule has 0 atom stereocenters. The van der Waals surface area contributed by atoms with Crippen LogP contribution in [0.1, 0.15) is 5.56 Å². The molecule has 0 aliphatic rings. The van der Waals surface area contributed by atoms with Gasteiger partial charge in [0.25, 0.3) is 0 Å². The van der Waals surface area contributed by atoms with Crippen molar-refractivity contribution in [2.24, 2.45) is 0 Å². The number of aromatic amines is 1. The summed E-state index contributed by atoms with van der Waals surface area (Å²) < 4.78 is 19.3. The monoisotopic (exact) mass is 361 g/mol. The van der Waals surface area contributed by atoms with Gasteiger partial charge >= 0.3 is 0 Å². The van der Waals surface area contributed by atoms with Crippen molar-refractivity contribution in [2.45, 2.75) is 6.54 Å². The van der Waals surface area contributed by atoms with E-state index < -0.39 is 0 Å². The Kier molecular flexibility index (Phi) is 5.12. The van der Waals surface area contributed by atoms with E-state index in [1.54, 1.807) is 12.3 Å². The van der Waals surface area contributed by atoms with E-state index in [-0.39, 0.29) is 5.82 Å². The van der Waals surface area contributed by atoms with Crippen LogP contribution in [0.3, 0.4) is 0 Å². The SMILES string of the molecule is Fc1cccc(-c2cncc(CNCCOc3cccc4cc[nH]c34)c2)c1. The molecule has 0 fully saturated rings. The third-order valence-electron chi connectivity index (χ3n) is 4.37. The van der Waals surface area contributed by atoms with E-state index in [4.69, 9.17) is 4.74 Å². The van der Waals surface area contributed by atoms with Crippen molar-refractivity contribution in [2.75, 3.05) is 13.2 Å². The molecule has 2 heterocycles. The highest BCUT2D eigenvalue weighted by molar-refractivity contribution is 5.85. The summed E-state index contributed by atoms with van der Waals surface area (Å²) in [5, 5.41) is 4.49. The van der Waals surface area contributed by atoms with E-state index in [2.05, 4.69) is 21.4 Å². The number of nitrogens with zero attached hydrogens (tertiary/aromatic N) is 1. The number of fused-ring (bicyclic) bond motifs is 1. The van der Waals surface area contributed by atoms with Gasteiger partial charge in [-0.25, -0.2) is 4.39 Å². The Hall–Kier alpha value is -3.18. The Morgan fingerprint density at radius 1 is 1.00 bits per heavy atom. The van der Waals surface area contributed by atoms with Gasteiger partial charge in [0.1, 0.15) is 18.2 Å². The molecule has 2 aromatic heterocycles. The quantitative estimate of drug-likeness (QED) is 0.475. The number of H-pyrrole nitrogens is 1. The minimum atomic E-state index is -0.245. The first-order chi connectivity index (χ1) is 13.3. The predicted molar refractivity (Wildman–Crippen MR) is 105 cm³/mol. The number of hydrogen-bond donors (Lipinski definition) is 2. The normalized spacial score (nSPS) is 11.0. The first-order valence-corrected chi connectivity index (χ1v) is 8.89. The topological polar surface area (TPSA) is 49.9 Å². The van der Waals surface area contributed by atoms with Crippen LogP contribution in [0.2, 0.25) is 0 Å². The number of rotatable bonds is 7. The maximum Gasteiger partial charge on any atom is 0.143 e. The Morgan fingerprint density at radius 3 is 2.85 bits per heavy atom. The minimum Gasteiger partial charge on any atom is -0.490 e. The lowest BCUT2D eigenvalue weighted by Crippen LogP contribution is -2.20. The zero-order valence-corrected chi connectivity index (χ0v) is 14.8. The highest BCUT2D eigenvalue weighted by Gasteiger charge is 2.03. The van der Waals surface area contributed by atoms with Gasteiger partial charge in [0.05, 0.1) is 5.52 Å². The molecule has 0 aliphatic heterocycles. The lowest BCUT2D eigenvalue weighted by Gasteiger charge is -2.09. The molecule has 2 aromatic carbocycles. The largest absolute Gasteiger partial charge is 0.490 e. The molecular formula is C22H20FN3O. The van der Waals surface area contributed by atoms with Crippen LogP contribution in [0.25, 0.3) is 22.0 Å². The summed E-state index contributed by atoms with van der Waals surface area (Å²) in [5.41, 5.74) is 3.79. The minimum absolute atomic E-state index is 0.245. The van der Waals surface area contributed by atoms with Crippen molar-refractivity contribution < 1.29 is 9.13 Å². The Balaban J connectivity index is 1.31. The number of benzene rings is 2. The summed E-state index contributed by atoms with van der Waals surface area (Å²) in [6.07, 6.45) is 5.48. The Labute approximate surface area is 157 Å². The van der Waals surface area contributed by atoms with Crippen LogP contribution < -0.4 is 10.1 Å². The lowest BCUT2D eigenvalue weighted by atomic mass is 10.1. The summed E-state index contributed by atoms with van der Waals surface area (Å²) in [6, 6.07) is 16.6. The number of ether oxygens (including phenoxy) is 1. The third-order valence-corrected chi connectivity index (χ3v) is 4.37. The van der Waals surface area contributed by atoms with Crippen molar-refractivity contribution in [3.05, 3.63) is 84.6 Å². The van der Waals surface area contributed by atoms with Gasteiger partial charge in [-0.05, 0) is 41.5 Å². The van der Waals surface area contributed by atoms with Crippen LogP contribution in [-0.2, 0) is 6.54 Å². The number of halogens is 1. The maximum atomic E-state index is 13.4. The molecule has 2 N–H and O–H groups in total. The molecule has 0 saturated carbocycles. The number of hydrogen-bond acceptors (Lipinski definition) is 3. The van der Waals surface area contributed by atoms with Crippen molar-refractivity contribution in [3.63, 3.8) is 0 Å². The number of nitrogens with one attached hydrogen (secondary N) is 2. The van der Waals surface area contributed by atoms with E-state index >= 15 is 0 Å². The molecule has 0 amide bonds. The van der Waals surface area contributed by atoms with Gasteiger partial charge in [0, 0.05) is 42.6 Å². The number of pyridine rings is 1. The van der Waals surface area contributed by atoms with E-state index in [0.29, 0.717) is 19.7 Å². The first kappa shape index (κ1) is 17.2. The van der Waals surface area contributed by atoms with Gasteiger partial charge in [-0.2, -0.15) is 0 Å². The molecular weight excluding hydrogens is 341 g/mol. The van der Waals surface area contributed by atoms with Gasteiger partial charge in [-0.15, -0.1) is 0 Å². The van der Waals surface area contributed by atoms with Crippen LogP contribution in [0.5, 0.6) is 5.75 Å². The fraction of sp³-hybridized carbons (Fsp3) is 0.136. The Morgan fingerprint density at radius 2 is 1.93 bits per heavy atom. The van der Waals surface area contributed by atoms with Gasteiger partial charge in [-0.3, -0.25) is 4.98 Å². The molecule has 136 valence electrons. The summed E-state index contributed by atoms with van der Waals surface area (Å²) >= 11 is 0. The average molecular weight is 361 g/mol.